The molecular weight excluding hydrogens is 471 g/mol. The van der Waals surface area contributed by atoms with Crippen LogP contribution in [0, 0.1) is 11.3 Å². The van der Waals surface area contributed by atoms with Crippen LogP contribution in [0.15, 0.2) is 24.3 Å². The second kappa shape index (κ2) is 11.3. The number of anilines is 1. The van der Waals surface area contributed by atoms with E-state index in [0.717, 1.165) is 38.4 Å². The van der Waals surface area contributed by atoms with Gasteiger partial charge in [0.05, 0.1) is 23.7 Å². The smallest absolute Gasteiger partial charge is 0.379 e. The molecular formula is C27H40F3N3O3. The minimum atomic E-state index is -4.36. The first kappa shape index (κ1) is 27.2. The highest BCUT2D eigenvalue weighted by molar-refractivity contribution is 5.84. The van der Waals surface area contributed by atoms with E-state index >= 15 is 0 Å². The molecule has 36 heavy (non-hydrogen) atoms. The van der Waals surface area contributed by atoms with Gasteiger partial charge in [-0.2, -0.15) is 13.2 Å². The average molecular weight is 512 g/mol. The molecule has 0 aromatic heterocycles. The normalized spacial score (nSPS) is 29.7. The molecule has 2 aliphatic heterocycles. The van der Waals surface area contributed by atoms with Crippen LogP contribution in [0.25, 0.3) is 0 Å². The Morgan fingerprint density at radius 2 is 1.97 bits per heavy atom. The van der Waals surface area contributed by atoms with Gasteiger partial charge < -0.3 is 24.6 Å². The number of amides is 1. The van der Waals surface area contributed by atoms with E-state index in [9.17, 15) is 18.0 Å². The summed E-state index contributed by atoms with van der Waals surface area (Å²) in [6, 6.07) is 5.94. The molecule has 1 saturated carbocycles. The molecule has 1 aromatic rings. The molecule has 9 heteroatoms. The monoisotopic (exact) mass is 511 g/mol. The number of hydrogen-bond donors (Lipinski definition) is 1. The van der Waals surface area contributed by atoms with Gasteiger partial charge in [-0.3, -0.25) is 4.79 Å². The molecule has 0 bridgehead atoms. The van der Waals surface area contributed by atoms with Gasteiger partial charge >= 0.3 is 6.18 Å². The highest BCUT2D eigenvalue weighted by atomic mass is 19.4. The fraction of sp³-hybridized carbons (Fsp3) is 0.741. The number of piperazine rings is 1. The maximum absolute atomic E-state index is 13.9. The van der Waals surface area contributed by atoms with Gasteiger partial charge in [-0.1, -0.05) is 19.9 Å². The zero-order chi connectivity index (χ0) is 25.9. The Bertz CT molecular complexity index is 887. The molecule has 4 atom stereocenters. The molecule has 4 rings (SSSR count). The molecule has 3 fully saturated rings. The molecule has 2 saturated heterocycles. The standard InChI is InChI=1S/C27H40F3N3O3/c1-4-36-24-18-35-15-9-23(24)31-21-8-10-26(17-21,19(2)3)25(34)33-13-11-32(12-14-33)22-7-5-6-20(16-22)27(28,29)30/h5-7,16,19,21,23-24,31H,4,8-15,17-18H2,1-3H3/t21-,23+,24-,26+/m1/s1. The van der Waals surface area contributed by atoms with E-state index < -0.39 is 17.2 Å². The van der Waals surface area contributed by atoms with Gasteiger partial charge in [-0.05, 0) is 56.7 Å². The van der Waals surface area contributed by atoms with Crippen molar-refractivity contribution in [3.8, 4) is 0 Å². The summed E-state index contributed by atoms with van der Waals surface area (Å²) in [4.78, 5) is 17.8. The second-order valence-electron chi connectivity index (χ2n) is 10.7. The number of nitrogens with one attached hydrogen (secondary N) is 1. The van der Waals surface area contributed by atoms with Gasteiger partial charge in [0, 0.05) is 57.2 Å². The molecule has 1 aliphatic carbocycles. The van der Waals surface area contributed by atoms with Crippen LogP contribution in [0.3, 0.4) is 0 Å². The topological polar surface area (TPSA) is 54.0 Å². The maximum Gasteiger partial charge on any atom is 0.416 e. The summed E-state index contributed by atoms with van der Waals surface area (Å²) in [5.41, 5.74) is -0.499. The van der Waals surface area contributed by atoms with E-state index in [2.05, 4.69) is 19.2 Å². The van der Waals surface area contributed by atoms with Crippen LogP contribution in [0.2, 0.25) is 0 Å². The number of alkyl halides is 3. The van der Waals surface area contributed by atoms with Gasteiger partial charge in [0.25, 0.3) is 0 Å². The molecule has 0 radical (unpaired) electrons. The third-order valence-corrected chi connectivity index (χ3v) is 8.32. The van der Waals surface area contributed by atoms with Gasteiger partial charge in [-0.25, -0.2) is 0 Å². The third kappa shape index (κ3) is 5.83. The number of carbonyl (C=O) groups is 1. The predicted octanol–water partition coefficient (Wildman–Crippen LogP) is 4.33. The van der Waals surface area contributed by atoms with E-state index in [0.29, 0.717) is 45.1 Å². The summed E-state index contributed by atoms with van der Waals surface area (Å²) < 4.78 is 50.9. The highest BCUT2D eigenvalue weighted by Crippen LogP contribution is 2.46. The third-order valence-electron chi connectivity index (χ3n) is 8.32. The lowest BCUT2D eigenvalue weighted by molar-refractivity contribution is -0.145. The lowest BCUT2D eigenvalue weighted by Crippen LogP contribution is -2.55. The predicted molar refractivity (Wildman–Crippen MR) is 133 cm³/mol. The van der Waals surface area contributed by atoms with Crippen molar-refractivity contribution in [1.29, 1.82) is 0 Å². The quantitative estimate of drug-likeness (QED) is 0.591. The fourth-order valence-corrected chi connectivity index (χ4v) is 6.13. The lowest BCUT2D eigenvalue weighted by atomic mass is 9.74. The first-order valence-corrected chi connectivity index (χ1v) is 13.3. The second-order valence-corrected chi connectivity index (χ2v) is 10.7. The summed E-state index contributed by atoms with van der Waals surface area (Å²) in [7, 11) is 0. The molecule has 202 valence electrons. The number of rotatable bonds is 7. The van der Waals surface area contributed by atoms with E-state index in [1.165, 1.54) is 12.1 Å². The molecule has 2 heterocycles. The van der Waals surface area contributed by atoms with Gasteiger partial charge in [-0.15, -0.1) is 0 Å². The largest absolute Gasteiger partial charge is 0.416 e. The highest BCUT2D eigenvalue weighted by Gasteiger charge is 2.50. The SMILES string of the molecule is CCO[C@@H]1COCC[C@@H]1N[C@@H]1CC[C@@](C(=O)N2CCN(c3cccc(C(F)(F)F)c3)CC2)(C(C)C)C1. The molecule has 1 aromatic carbocycles. The van der Waals surface area contributed by atoms with Crippen molar-refractivity contribution in [1.82, 2.24) is 10.2 Å². The zero-order valence-corrected chi connectivity index (χ0v) is 21.7. The molecule has 1 amide bonds. The minimum Gasteiger partial charge on any atom is -0.379 e. The number of nitrogens with zero attached hydrogens (tertiary/aromatic N) is 2. The molecule has 0 unspecified atom stereocenters. The van der Waals surface area contributed by atoms with Crippen LogP contribution in [0.5, 0.6) is 0 Å². The van der Waals surface area contributed by atoms with Crippen LogP contribution in [-0.4, -0.2) is 75.0 Å². The minimum absolute atomic E-state index is 0.0393. The van der Waals surface area contributed by atoms with E-state index in [1.807, 2.05) is 16.7 Å². The zero-order valence-electron chi connectivity index (χ0n) is 21.7. The van der Waals surface area contributed by atoms with Crippen molar-refractivity contribution >= 4 is 11.6 Å². The van der Waals surface area contributed by atoms with E-state index in [-0.39, 0.29) is 30.0 Å². The summed E-state index contributed by atoms with van der Waals surface area (Å²) in [6.45, 7) is 10.3. The molecule has 0 spiro atoms. The number of halogens is 3. The Kier molecular flexibility index (Phi) is 8.52. The summed E-state index contributed by atoms with van der Waals surface area (Å²) in [5.74, 6) is 0.398. The van der Waals surface area contributed by atoms with Crippen molar-refractivity contribution in [3.05, 3.63) is 29.8 Å². The molecule has 1 N–H and O–H groups in total. The first-order valence-electron chi connectivity index (χ1n) is 13.3. The maximum atomic E-state index is 13.9. The van der Waals surface area contributed by atoms with E-state index in [1.54, 1.807) is 6.07 Å². The number of hydrogen-bond acceptors (Lipinski definition) is 5. The van der Waals surface area contributed by atoms with Crippen LogP contribution in [0.1, 0.15) is 52.0 Å². The number of carbonyl (C=O) groups excluding carboxylic acids is 1. The van der Waals surface area contributed by atoms with Gasteiger partial charge in [0.2, 0.25) is 5.91 Å². The van der Waals surface area contributed by atoms with Crippen molar-refractivity contribution in [2.24, 2.45) is 11.3 Å². The first-order chi connectivity index (χ1) is 17.1. The van der Waals surface area contributed by atoms with E-state index in [4.69, 9.17) is 9.47 Å². The summed E-state index contributed by atoms with van der Waals surface area (Å²) in [6.07, 6.45) is -0.827. The van der Waals surface area contributed by atoms with Gasteiger partial charge in [0.1, 0.15) is 0 Å². The summed E-state index contributed by atoms with van der Waals surface area (Å²) in [5, 5.41) is 3.79. The summed E-state index contributed by atoms with van der Waals surface area (Å²) >= 11 is 0. The van der Waals surface area contributed by atoms with Crippen LogP contribution in [0.4, 0.5) is 18.9 Å². The van der Waals surface area contributed by atoms with Crippen LogP contribution in [-0.2, 0) is 20.4 Å². The Balaban J connectivity index is 1.38. The fourth-order valence-electron chi connectivity index (χ4n) is 6.13. The Morgan fingerprint density at radius 3 is 2.64 bits per heavy atom. The Morgan fingerprint density at radius 1 is 1.22 bits per heavy atom. The molecule has 6 nitrogen and oxygen atoms in total. The number of ether oxygens (including phenoxy) is 2. The lowest BCUT2D eigenvalue weighted by Gasteiger charge is -2.42. The average Bonchev–Trinajstić information content (AvgIpc) is 3.30. The van der Waals surface area contributed by atoms with Crippen LogP contribution < -0.4 is 10.2 Å². The van der Waals surface area contributed by atoms with Crippen molar-refractivity contribution in [3.63, 3.8) is 0 Å². The number of benzene rings is 1. The van der Waals surface area contributed by atoms with Crippen molar-refractivity contribution < 1.29 is 27.4 Å². The Hall–Kier alpha value is -1.84. The van der Waals surface area contributed by atoms with Crippen molar-refractivity contribution in [2.75, 3.05) is 50.9 Å². The van der Waals surface area contributed by atoms with Crippen molar-refractivity contribution in [2.45, 2.75) is 70.8 Å². The molecule has 3 aliphatic rings. The Labute approximate surface area is 212 Å². The van der Waals surface area contributed by atoms with Gasteiger partial charge in [0.15, 0.2) is 0 Å². The van der Waals surface area contributed by atoms with Crippen LogP contribution >= 0.6 is 0 Å².